The standard InChI is InChI=1S/C18H37N5O/c1-6-15(2)21-18(20-14-17(24)22(4)5)19-11-9-13-23-12-8-7-10-16(23)3/h15-16H,6-14H2,1-5H3,(H2,19,20,21). The summed E-state index contributed by atoms with van der Waals surface area (Å²) in [6.07, 6.45) is 6.13. The largest absolute Gasteiger partial charge is 0.356 e. The molecule has 2 unspecified atom stereocenters. The van der Waals surface area contributed by atoms with E-state index in [-0.39, 0.29) is 12.5 Å². The second kappa shape index (κ2) is 11.3. The van der Waals surface area contributed by atoms with Crippen LogP contribution < -0.4 is 10.6 Å². The Morgan fingerprint density at radius 3 is 2.75 bits per heavy atom. The number of likely N-dealkylation sites (tertiary alicyclic amines) is 1. The highest BCUT2D eigenvalue weighted by Gasteiger charge is 2.17. The fraction of sp³-hybridized carbons (Fsp3) is 0.889. The van der Waals surface area contributed by atoms with Crippen LogP contribution in [0.5, 0.6) is 0 Å². The molecule has 1 aliphatic rings. The summed E-state index contributed by atoms with van der Waals surface area (Å²) in [7, 11) is 3.51. The topological polar surface area (TPSA) is 60.0 Å². The molecule has 1 fully saturated rings. The molecule has 0 aliphatic carbocycles. The van der Waals surface area contributed by atoms with Crippen LogP contribution in [0.25, 0.3) is 0 Å². The summed E-state index contributed by atoms with van der Waals surface area (Å²) in [6, 6.07) is 1.05. The van der Waals surface area contributed by atoms with Gasteiger partial charge in [0, 0.05) is 39.3 Å². The van der Waals surface area contributed by atoms with Gasteiger partial charge in [-0.05, 0) is 46.1 Å². The van der Waals surface area contributed by atoms with Crippen molar-refractivity contribution in [3.8, 4) is 0 Å². The zero-order chi connectivity index (χ0) is 17.9. The van der Waals surface area contributed by atoms with Crippen molar-refractivity contribution in [1.29, 1.82) is 0 Å². The average molecular weight is 340 g/mol. The molecule has 0 aromatic carbocycles. The summed E-state index contributed by atoms with van der Waals surface area (Å²) in [6.45, 7) is 10.0. The zero-order valence-corrected chi connectivity index (χ0v) is 16.3. The first kappa shape index (κ1) is 20.7. The van der Waals surface area contributed by atoms with E-state index in [1.807, 2.05) is 0 Å². The molecule has 1 heterocycles. The summed E-state index contributed by atoms with van der Waals surface area (Å²) in [5, 5.41) is 6.74. The Labute approximate surface area is 148 Å². The van der Waals surface area contributed by atoms with Gasteiger partial charge in [0.2, 0.25) is 5.91 Å². The summed E-state index contributed by atoms with van der Waals surface area (Å²) in [4.78, 5) is 20.3. The molecule has 1 rings (SSSR count). The number of rotatable bonds is 8. The van der Waals surface area contributed by atoms with Crippen LogP contribution in [0.15, 0.2) is 4.99 Å². The Kier molecular flexibility index (Phi) is 9.76. The molecule has 0 bridgehead atoms. The number of carbonyl (C=O) groups is 1. The molecule has 24 heavy (non-hydrogen) atoms. The molecule has 0 spiro atoms. The second-order valence-electron chi connectivity index (χ2n) is 7.07. The molecular formula is C18H37N5O. The molecule has 6 nitrogen and oxygen atoms in total. The van der Waals surface area contributed by atoms with Crippen LogP contribution in [0, 0.1) is 0 Å². The van der Waals surface area contributed by atoms with E-state index in [0.29, 0.717) is 12.1 Å². The first-order valence-electron chi connectivity index (χ1n) is 9.43. The minimum Gasteiger partial charge on any atom is -0.356 e. The fourth-order valence-corrected chi connectivity index (χ4v) is 2.75. The van der Waals surface area contributed by atoms with Gasteiger partial charge < -0.3 is 20.4 Å². The molecule has 0 radical (unpaired) electrons. The maximum atomic E-state index is 11.7. The van der Waals surface area contributed by atoms with E-state index in [0.717, 1.165) is 31.9 Å². The lowest BCUT2D eigenvalue weighted by atomic mass is 10.0. The average Bonchev–Trinajstić information content (AvgIpc) is 2.56. The van der Waals surface area contributed by atoms with Crippen LogP contribution in [-0.4, -0.2) is 74.0 Å². The van der Waals surface area contributed by atoms with Crippen LogP contribution >= 0.6 is 0 Å². The monoisotopic (exact) mass is 339 g/mol. The third kappa shape index (κ3) is 7.99. The van der Waals surface area contributed by atoms with Crippen LogP contribution in [0.3, 0.4) is 0 Å². The summed E-state index contributed by atoms with van der Waals surface area (Å²) < 4.78 is 0. The molecule has 140 valence electrons. The number of nitrogens with one attached hydrogen (secondary N) is 2. The number of hydrogen-bond donors (Lipinski definition) is 2. The highest BCUT2D eigenvalue weighted by molar-refractivity contribution is 5.84. The van der Waals surface area contributed by atoms with E-state index >= 15 is 0 Å². The molecule has 2 N–H and O–H groups in total. The van der Waals surface area contributed by atoms with E-state index in [4.69, 9.17) is 0 Å². The Morgan fingerprint density at radius 1 is 1.38 bits per heavy atom. The number of hydrogen-bond acceptors (Lipinski definition) is 3. The number of guanidine groups is 1. The van der Waals surface area contributed by atoms with Gasteiger partial charge in [-0.3, -0.25) is 4.79 Å². The van der Waals surface area contributed by atoms with Gasteiger partial charge in [0.15, 0.2) is 5.96 Å². The Balaban J connectivity index is 2.40. The molecule has 1 amide bonds. The van der Waals surface area contributed by atoms with Gasteiger partial charge >= 0.3 is 0 Å². The van der Waals surface area contributed by atoms with Crippen LogP contribution in [0.4, 0.5) is 0 Å². The van der Waals surface area contributed by atoms with Gasteiger partial charge in [0.05, 0.1) is 0 Å². The minimum atomic E-state index is 0.0161. The molecule has 0 aromatic rings. The quantitative estimate of drug-likeness (QED) is 0.401. The van der Waals surface area contributed by atoms with Crippen molar-refractivity contribution < 1.29 is 4.79 Å². The number of piperidine rings is 1. The van der Waals surface area contributed by atoms with Gasteiger partial charge in [0.1, 0.15) is 6.54 Å². The van der Waals surface area contributed by atoms with Crippen LogP contribution in [0.2, 0.25) is 0 Å². The van der Waals surface area contributed by atoms with E-state index in [1.54, 1.807) is 19.0 Å². The maximum absolute atomic E-state index is 11.7. The number of nitrogens with zero attached hydrogens (tertiary/aromatic N) is 3. The van der Waals surface area contributed by atoms with Crippen LogP contribution in [0.1, 0.15) is 52.9 Å². The lowest BCUT2D eigenvalue weighted by Gasteiger charge is -2.33. The molecule has 1 saturated heterocycles. The number of likely N-dealkylation sites (N-methyl/N-ethyl adjacent to an activating group) is 1. The highest BCUT2D eigenvalue weighted by atomic mass is 16.2. The van der Waals surface area contributed by atoms with Crippen molar-refractivity contribution in [1.82, 2.24) is 20.4 Å². The summed E-state index contributed by atoms with van der Waals surface area (Å²) in [5.74, 6) is 0.758. The fourth-order valence-electron chi connectivity index (χ4n) is 2.75. The van der Waals surface area contributed by atoms with Gasteiger partial charge in [0.25, 0.3) is 0 Å². The Hall–Kier alpha value is -1.30. The molecule has 6 heteroatoms. The number of aliphatic imine (C=N–C) groups is 1. The van der Waals surface area contributed by atoms with E-state index < -0.39 is 0 Å². The van der Waals surface area contributed by atoms with Gasteiger partial charge in [-0.1, -0.05) is 13.3 Å². The lowest BCUT2D eigenvalue weighted by Crippen LogP contribution is -2.44. The van der Waals surface area contributed by atoms with Gasteiger partial charge in [-0.2, -0.15) is 0 Å². The first-order chi connectivity index (χ1) is 11.4. The van der Waals surface area contributed by atoms with Crippen molar-refractivity contribution in [2.24, 2.45) is 4.99 Å². The van der Waals surface area contributed by atoms with E-state index in [1.165, 1.54) is 25.8 Å². The molecule has 2 atom stereocenters. The third-order valence-electron chi connectivity index (χ3n) is 4.72. The Bertz CT molecular complexity index is 397. The van der Waals surface area contributed by atoms with Gasteiger partial charge in [-0.15, -0.1) is 0 Å². The van der Waals surface area contributed by atoms with Crippen molar-refractivity contribution in [2.45, 2.75) is 65.0 Å². The van der Waals surface area contributed by atoms with E-state index in [2.05, 4.69) is 41.3 Å². The van der Waals surface area contributed by atoms with Crippen molar-refractivity contribution >= 4 is 11.9 Å². The SMILES string of the molecule is CCC(C)NC(=NCC(=O)N(C)C)NCCCN1CCCCC1C. The lowest BCUT2D eigenvalue weighted by molar-refractivity contribution is -0.127. The summed E-state index contributed by atoms with van der Waals surface area (Å²) in [5.41, 5.74) is 0. The normalized spacial score (nSPS) is 20.5. The number of amides is 1. The third-order valence-corrected chi connectivity index (χ3v) is 4.72. The molecule has 0 aromatic heterocycles. The number of carbonyl (C=O) groups excluding carboxylic acids is 1. The van der Waals surface area contributed by atoms with Gasteiger partial charge in [-0.25, -0.2) is 4.99 Å². The van der Waals surface area contributed by atoms with E-state index in [9.17, 15) is 4.79 Å². The molecule has 1 aliphatic heterocycles. The minimum absolute atomic E-state index is 0.0161. The molecule has 0 saturated carbocycles. The first-order valence-corrected chi connectivity index (χ1v) is 9.43. The predicted octanol–water partition coefficient (Wildman–Crippen LogP) is 1.67. The molecular weight excluding hydrogens is 302 g/mol. The smallest absolute Gasteiger partial charge is 0.243 e. The Morgan fingerprint density at radius 2 is 2.12 bits per heavy atom. The second-order valence-corrected chi connectivity index (χ2v) is 7.07. The maximum Gasteiger partial charge on any atom is 0.243 e. The van der Waals surface area contributed by atoms with Crippen molar-refractivity contribution in [3.63, 3.8) is 0 Å². The van der Waals surface area contributed by atoms with Crippen molar-refractivity contribution in [3.05, 3.63) is 0 Å². The highest BCUT2D eigenvalue weighted by Crippen LogP contribution is 2.15. The summed E-state index contributed by atoms with van der Waals surface area (Å²) >= 11 is 0. The van der Waals surface area contributed by atoms with Crippen LogP contribution in [-0.2, 0) is 4.79 Å². The van der Waals surface area contributed by atoms with Crippen molar-refractivity contribution in [2.75, 3.05) is 40.3 Å². The predicted molar refractivity (Wildman–Crippen MR) is 101 cm³/mol. The zero-order valence-electron chi connectivity index (χ0n) is 16.3.